The van der Waals surface area contributed by atoms with Crippen LogP contribution in [0.3, 0.4) is 0 Å². The number of nitrogens with zero attached hydrogens (tertiary/aromatic N) is 3. The molecule has 1 N–H and O–H groups in total. The summed E-state index contributed by atoms with van der Waals surface area (Å²) >= 11 is 5.78. The minimum Gasteiger partial charge on any atom is -0.314 e. The molecule has 1 aromatic heterocycles. The molecule has 0 saturated carbocycles. The number of rotatable bonds is 4. The van der Waals surface area contributed by atoms with Gasteiger partial charge in [-0.25, -0.2) is 4.39 Å². The Bertz CT molecular complexity index is 626. The third-order valence-corrected chi connectivity index (χ3v) is 3.91. The van der Waals surface area contributed by atoms with Crippen LogP contribution in [0.4, 0.5) is 4.39 Å². The summed E-state index contributed by atoms with van der Waals surface area (Å²) in [5.74, 6) is 1.64. The number of aryl methyl sites for hydroxylation is 1. The average Bonchev–Trinajstić information content (AvgIpc) is 3.02. The van der Waals surface area contributed by atoms with E-state index in [4.69, 9.17) is 11.6 Å². The van der Waals surface area contributed by atoms with E-state index in [2.05, 4.69) is 27.0 Å². The lowest BCUT2D eigenvalue weighted by Gasteiger charge is -2.14. The highest BCUT2D eigenvalue weighted by molar-refractivity contribution is 6.30. The van der Waals surface area contributed by atoms with Crippen LogP contribution in [0.25, 0.3) is 0 Å². The Kier molecular flexibility index (Phi) is 3.72. The molecule has 4 nitrogen and oxygen atoms in total. The van der Waals surface area contributed by atoms with Crippen molar-refractivity contribution < 1.29 is 4.39 Å². The van der Waals surface area contributed by atoms with Gasteiger partial charge in [0.1, 0.15) is 17.5 Å². The zero-order valence-electron chi connectivity index (χ0n) is 11.2. The molecule has 0 aliphatic carbocycles. The summed E-state index contributed by atoms with van der Waals surface area (Å²) in [5.41, 5.74) is 0.949. The van der Waals surface area contributed by atoms with E-state index in [1.807, 2.05) is 0 Å². The molecule has 6 heteroatoms. The van der Waals surface area contributed by atoms with Gasteiger partial charge < -0.3 is 9.88 Å². The third kappa shape index (κ3) is 2.55. The highest BCUT2D eigenvalue weighted by atomic mass is 35.5. The van der Waals surface area contributed by atoms with E-state index in [0.29, 0.717) is 6.54 Å². The van der Waals surface area contributed by atoms with Crippen molar-refractivity contribution in [3.63, 3.8) is 0 Å². The molecular weight excluding hydrogens is 279 g/mol. The predicted octanol–water partition coefficient (Wildman–Crippen LogP) is 2.87. The van der Waals surface area contributed by atoms with Gasteiger partial charge in [0, 0.05) is 19.5 Å². The molecule has 2 aromatic rings. The van der Waals surface area contributed by atoms with Crippen molar-refractivity contribution in [2.45, 2.75) is 38.9 Å². The Balaban J connectivity index is 1.67. The Morgan fingerprint density at radius 2 is 2.30 bits per heavy atom. The molecule has 1 aliphatic rings. The first kappa shape index (κ1) is 13.5. The molecule has 0 spiro atoms. The van der Waals surface area contributed by atoms with Gasteiger partial charge in [-0.05, 0) is 31.0 Å². The largest absolute Gasteiger partial charge is 0.314 e. The van der Waals surface area contributed by atoms with Crippen molar-refractivity contribution in [2.75, 3.05) is 0 Å². The summed E-state index contributed by atoms with van der Waals surface area (Å²) < 4.78 is 15.3. The Morgan fingerprint density at radius 1 is 1.45 bits per heavy atom. The summed E-state index contributed by atoms with van der Waals surface area (Å²) in [6.45, 7) is 3.66. The molecule has 2 heterocycles. The van der Waals surface area contributed by atoms with Crippen LogP contribution in [0, 0.1) is 5.82 Å². The maximum Gasteiger partial charge on any atom is 0.149 e. The fraction of sp³-hybridized carbons (Fsp3) is 0.429. The standard InChI is InChI=1S/C14H16ClFN4/c1-9(14-19-18-13-3-2-6-20(13)14)17-8-10-4-5-12(16)11(15)7-10/h4-5,7,9,17H,2-3,6,8H2,1H3. The van der Waals surface area contributed by atoms with E-state index < -0.39 is 5.82 Å². The van der Waals surface area contributed by atoms with Crippen LogP contribution in [0.2, 0.25) is 5.02 Å². The van der Waals surface area contributed by atoms with E-state index >= 15 is 0 Å². The van der Waals surface area contributed by atoms with Gasteiger partial charge in [-0.15, -0.1) is 10.2 Å². The monoisotopic (exact) mass is 294 g/mol. The molecule has 0 saturated heterocycles. The van der Waals surface area contributed by atoms with Crippen LogP contribution in [0.1, 0.15) is 36.6 Å². The SMILES string of the molecule is CC(NCc1ccc(F)c(Cl)c1)c1nnc2n1CCC2. The highest BCUT2D eigenvalue weighted by Crippen LogP contribution is 2.20. The van der Waals surface area contributed by atoms with Gasteiger partial charge in [0.25, 0.3) is 0 Å². The summed E-state index contributed by atoms with van der Waals surface area (Å²) in [6.07, 6.45) is 2.14. The van der Waals surface area contributed by atoms with Crippen LogP contribution < -0.4 is 5.32 Å². The van der Waals surface area contributed by atoms with Crippen LogP contribution in [0.15, 0.2) is 18.2 Å². The molecule has 1 unspecified atom stereocenters. The van der Waals surface area contributed by atoms with Crippen LogP contribution >= 0.6 is 11.6 Å². The minimum atomic E-state index is -0.390. The van der Waals surface area contributed by atoms with Crippen molar-refractivity contribution in [3.05, 3.63) is 46.3 Å². The van der Waals surface area contributed by atoms with Crippen molar-refractivity contribution in [1.29, 1.82) is 0 Å². The molecule has 1 aliphatic heterocycles. The molecule has 0 bridgehead atoms. The molecule has 0 radical (unpaired) electrons. The Hall–Kier alpha value is -1.46. The van der Waals surface area contributed by atoms with Gasteiger partial charge in [-0.2, -0.15) is 0 Å². The van der Waals surface area contributed by atoms with Gasteiger partial charge in [0.15, 0.2) is 0 Å². The van der Waals surface area contributed by atoms with Crippen molar-refractivity contribution >= 4 is 11.6 Å². The number of nitrogens with one attached hydrogen (secondary N) is 1. The van der Waals surface area contributed by atoms with Gasteiger partial charge in [-0.3, -0.25) is 0 Å². The molecule has 1 aromatic carbocycles. The summed E-state index contributed by atoms with van der Waals surface area (Å²) in [6, 6.07) is 4.86. The molecule has 20 heavy (non-hydrogen) atoms. The van der Waals surface area contributed by atoms with Crippen molar-refractivity contribution in [2.24, 2.45) is 0 Å². The fourth-order valence-electron chi connectivity index (χ4n) is 2.51. The number of aromatic nitrogens is 3. The first-order valence-electron chi connectivity index (χ1n) is 6.74. The zero-order valence-corrected chi connectivity index (χ0v) is 12.0. The van der Waals surface area contributed by atoms with Crippen molar-refractivity contribution in [3.8, 4) is 0 Å². The Morgan fingerprint density at radius 3 is 3.10 bits per heavy atom. The number of halogens is 2. The second-order valence-corrected chi connectivity index (χ2v) is 5.49. The predicted molar refractivity (Wildman–Crippen MR) is 75.0 cm³/mol. The van der Waals surface area contributed by atoms with E-state index in [0.717, 1.165) is 36.6 Å². The van der Waals surface area contributed by atoms with Gasteiger partial charge in [0.05, 0.1) is 11.1 Å². The summed E-state index contributed by atoms with van der Waals surface area (Å²) in [4.78, 5) is 0. The van der Waals surface area contributed by atoms with Gasteiger partial charge >= 0.3 is 0 Å². The lowest BCUT2D eigenvalue weighted by atomic mass is 10.2. The topological polar surface area (TPSA) is 42.7 Å². The maximum absolute atomic E-state index is 13.1. The molecular formula is C14H16ClFN4. The number of benzene rings is 1. The van der Waals surface area contributed by atoms with Gasteiger partial charge in [-0.1, -0.05) is 17.7 Å². The summed E-state index contributed by atoms with van der Waals surface area (Å²) in [5, 5.41) is 12.0. The number of hydrogen-bond donors (Lipinski definition) is 1. The van der Waals surface area contributed by atoms with E-state index in [-0.39, 0.29) is 11.1 Å². The number of hydrogen-bond acceptors (Lipinski definition) is 3. The smallest absolute Gasteiger partial charge is 0.149 e. The second kappa shape index (κ2) is 5.50. The molecule has 0 fully saturated rings. The van der Waals surface area contributed by atoms with Crippen LogP contribution in [0.5, 0.6) is 0 Å². The normalized spacial score (nSPS) is 15.3. The molecule has 0 amide bonds. The molecule has 106 valence electrons. The van der Waals surface area contributed by atoms with Gasteiger partial charge in [0.2, 0.25) is 0 Å². The molecule has 1 atom stereocenters. The lowest BCUT2D eigenvalue weighted by Crippen LogP contribution is -2.21. The first-order chi connectivity index (χ1) is 9.65. The summed E-state index contributed by atoms with van der Waals surface area (Å²) in [7, 11) is 0. The molecule has 3 rings (SSSR count). The zero-order chi connectivity index (χ0) is 14.1. The second-order valence-electron chi connectivity index (χ2n) is 5.08. The van der Waals surface area contributed by atoms with Crippen LogP contribution in [-0.2, 0) is 19.5 Å². The van der Waals surface area contributed by atoms with Crippen molar-refractivity contribution in [1.82, 2.24) is 20.1 Å². The third-order valence-electron chi connectivity index (χ3n) is 3.62. The van der Waals surface area contributed by atoms with E-state index in [1.54, 1.807) is 12.1 Å². The average molecular weight is 295 g/mol. The quantitative estimate of drug-likeness (QED) is 0.943. The highest BCUT2D eigenvalue weighted by Gasteiger charge is 2.20. The maximum atomic E-state index is 13.1. The lowest BCUT2D eigenvalue weighted by molar-refractivity contribution is 0.515. The fourth-order valence-corrected chi connectivity index (χ4v) is 2.71. The van der Waals surface area contributed by atoms with Crippen LogP contribution in [-0.4, -0.2) is 14.8 Å². The number of fused-ring (bicyclic) bond motifs is 1. The van der Waals surface area contributed by atoms with E-state index in [9.17, 15) is 4.39 Å². The Labute approximate surface area is 122 Å². The van der Waals surface area contributed by atoms with E-state index in [1.165, 1.54) is 6.07 Å². The first-order valence-corrected chi connectivity index (χ1v) is 7.12. The minimum absolute atomic E-state index is 0.0955.